The Kier molecular flexibility index (Phi) is 6.59. The van der Waals surface area contributed by atoms with Gasteiger partial charge in [0.1, 0.15) is 5.75 Å². The largest absolute Gasteiger partial charge is 0.493 e. The van der Waals surface area contributed by atoms with E-state index in [0.29, 0.717) is 31.9 Å². The number of aliphatic carboxylic acids is 1. The maximum absolute atomic E-state index is 12.2. The Bertz CT molecular complexity index is 1130. The minimum Gasteiger partial charge on any atom is -0.493 e. The smallest absolute Gasteiger partial charge is 0.320 e. The number of aryl methyl sites for hydroxylation is 1. The molecule has 1 aliphatic rings. The minimum absolute atomic E-state index is 0.0266. The van der Waals surface area contributed by atoms with Crippen LogP contribution in [0.1, 0.15) is 23.1 Å². The number of benzene rings is 3. The number of fused-ring (bicyclic) bond motifs is 1. The molecule has 0 bridgehead atoms. The van der Waals surface area contributed by atoms with Crippen molar-refractivity contribution in [3.63, 3.8) is 0 Å². The van der Waals surface area contributed by atoms with Gasteiger partial charge in [0, 0.05) is 39.5 Å². The van der Waals surface area contributed by atoms with Gasteiger partial charge < -0.3 is 19.6 Å². The molecule has 32 heavy (non-hydrogen) atoms. The molecular formula is C26H28N2O4. The Labute approximate surface area is 188 Å². The summed E-state index contributed by atoms with van der Waals surface area (Å²) in [7, 11) is 1.80. The zero-order valence-electron chi connectivity index (χ0n) is 18.3. The van der Waals surface area contributed by atoms with Gasteiger partial charge >= 0.3 is 12.0 Å². The Hall–Kier alpha value is -3.54. The number of carboxylic acids is 1. The summed E-state index contributed by atoms with van der Waals surface area (Å²) < 4.78 is 6.13. The molecule has 6 nitrogen and oxygen atoms in total. The highest BCUT2D eigenvalue weighted by atomic mass is 16.5. The van der Waals surface area contributed by atoms with E-state index >= 15 is 0 Å². The molecule has 1 saturated heterocycles. The zero-order valence-corrected chi connectivity index (χ0v) is 18.3. The van der Waals surface area contributed by atoms with E-state index in [2.05, 4.69) is 30.3 Å². The number of nitrogens with zero attached hydrogens (tertiary/aromatic N) is 2. The van der Waals surface area contributed by atoms with Crippen LogP contribution in [0.5, 0.6) is 5.75 Å². The standard InChI is InChI=1S/C26H28N2O4/c1-27-13-14-28(26(27)31)18-20-7-9-22(10-11-25(29)30)24(17-20)32-15-12-19-6-8-21-4-2-3-5-23(21)16-19/h2-9,16-17H,10-15,18H2,1H3,(H,29,30). The predicted molar refractivity (Wildman–Crippen MR) is 124 cm³/mol. The molecule has 1 aliphatic heterocycles. The number of hydrogen-bond donors (Lipinski definition) is 1. The number of carboxylic acid groups (broad SMARTS) is 1. The highest BCUT2D eigenvalue weighted by Crippen LogP contribution is 2.25. The van der Waals surface area contributed by atoms with Crippen molar-refractivity contribution in [2.24, 2.45) is 0 Å². The van der Waals surface area contributed by atoms with E-state index in [4.69, 9.17) is 9.84 Å². The van der Waals surface area contributed by atoms with E-state index in [-0.39, 0.29) is 12.5 Å². The molecule has 0 unspecified atom stereocenters. The number of carbonyl (C=O) groups excluding carboxylic acids is 1. The van der Waals surface area contributed by atoms with Crippen molar-refractivity contribution in [3.8, 4) is 5.75 Å². The molecule has 0 spiro atoms. The Morgan fingerprint density at radius 2 is 1.75 bits per heavy atom. The van der Waals surface area contributed by atoms with Crippen LogP contribution in [-0.2, 0) is 24.2 Å². The lowest BCUT2D eigenvalue weighted by molar-refractivity contribution is -0.136. The molecular weight excluding hydrogens is 404 g/mol. The molecule has 166 valence electrons. The Balaban J connectivity index is 1.46. The molecule has 2 amide bonds. The molecule has 0 aliphatic carbocycles. The second-order valence-corrected chi connectivity index (χ2v) is 8.24. The van der Waals surface area contributed by atoms with Crippen molar-refractivity contribution in [3.05, 3.63) is 77.4 Å². The van der Waals surface area contributed by atoms with Gasteiger partial charge in [0.05, 0.1) is 6.61 Å². The van der Waals surface area contributed by atoms with Crippen molar-refractivity contribution in [1.29, 1.82) is 0 Å². The van der Waals surface area contributed by atoms with E-state index in [1.54, 1.807) is 11.9 Å². The lowest BCUT2D eigenvalue weighted by Gasteiger charge is -2.18. The minimum atomic E-state index is -0.832. The molecule has 1 fully saturated rings. The molecule has 6 heteroatoms. The third kappa shape index (κ3) is 5.19. The molecule has 1 N–H and O–H groups in total. The molecule has 1 heterocycles. The van der Waals surface area contributed by atoms with Crippen LogP contribution < -0.4 is 4.74 Å². The van der Waals surface area contributed by atoms with Gasteiger partial charge in [-0.25, -0.2) is 4.79 Å². The Morgan fingerprint density at radius 1 is 0.969 bits per heavy atom. The van der Waals surface area contributed by atoms with Crippen molar-refractivity contribution in [2.75, 3.05) is 26.7 Å². The second kappa shape index (κ2) is 9.73. The first-order valence-electron chi connectivity index (χ1n) is 10.9. The van der Waals surface area contributed by atoms with Crippen LogP contribution in [-0.4, -0.2) is 53.7 Å². The van der Waals surface area contributed by atoms with Gasteiger partial charge in [-0.1, -0.05) is 54.6 Å². The second-order valence-electron chi connectivity index (χ2n) is 8.24. The Morgan fingerprint density at radius 3 is 2.50 bits per heavy atom. The van der Waals surface area contributed by atoms with E-state index < -0.39 is 5.97 Å². The molecule has 0 aromatic heterocycles. The number of ether oxygens (including phenoxy) is 1. The number of rotatable bonds is 9. The van der Waals surface area contributed by atoms with Gasteiger partial charge in [-0.15, -0.1) is 0 Å². The van der Waals surface area contributed by atoms with E-state index in [1.807, 2.05) is 35.2 Å². The van der Waals surface area contributed by atoms with Crippen LogP contribution >= 0.6 is 0 Å². The summed E-state index contributed by atoms with van der Waals surface area (Å²) >= 11 is 0. The summed E-state index contributed by atoms with van der Waals surface area (Å²) in [4.78, 5) is 26.8. The van der Waals surface area contributed by atoms with Crippen LogP contribution in [0.25, 0.3) is 10.8 Å². The van der Waals surface area contributed by atoms with Crippen molar-refractivity contribution in [1.82, 2.24) is 9.80 Å². The molecule has 4 rings (SSSR count). The van der Waals surface area contributed by atoms with Crippen molar-refractivity contribution >= 4 is 22.8 Å². The third-order valence-electron chi connectivity index (χ3n) is 5.88. The normalized spacial score (nSPS) is 13.7. The first-order chi connectivity index (χ1) is 15.5. The maximum atomic E-state index is 12.2. The topological polar surface area (TPSA) is 70.1 Å². The first-order valence-corrected chi connectivity index (χ1v) is 10.9. The van der Waals surface area contributed by atoms with Gasteiger partial charge in [0.2, 0.25) is 0 Å². The summed E-state index contributed by atoms with van der Waals surface area (Å²) in [6.45, 7) is 2.44. The molecule has 0 radical (unpaired) electrons. The maximum Gasteiger partial charge on any atom is 0.320 e. The number of likely N-dealkylation sites (N-methyl/N-ethyl adjacent to an activating group) is 1. The van der Waals surface area contributed by atoms with Crippen LogP contribution in [0.4, 0.5) is 4.79 Å². The fourth-order valence-corrected chi connectivity index (χ4v) is 4.02. The molecule has 3 aromatic carbocycles. The van der Waals surface area contributed by atoms with E-state index in [9.17, 15) is 9.59 Å². The lowest BCUT2D eigenvalue weighted by atomic mass is 10.0. The summed E-state index contributed by atoms with van der Waals surface area (Å²) in [5.41, 5.74) is 3.05. The van der Waals surface area contributed by atoms with Crippen LogP contribution in [0, 0.1) is 0 Å². The monoisotopic (exact) mass is 432 g/mol. The first kappa shape index (κ1) is 21.7. The quantitative estimate of drug-likeness (QED) is 0.546. The van der Waals surface area contributed by atoms with Crippen LogP contribution in [0.2, 0.25) is 0 Å². The van der Waals surface area contributed by atoms with Crippen LogP contribution in [0.3, 0.4) is 0 Å². The lowest BCUT2D eigenvalue weighted by Crippen LogP contribution is -2.28. The van der Waals surface area contributed by atoms with Crippen LogP contribution in [0.15, 0.2) is 60.7 Å². The molecule has 3 aromatic rings. The van der Waals surface area contributed by atoms with Gasteiger partial charge in [-0.2, -0.15) is 0 Å². The number of urea groups is 1. The third-order valence-corrected chi connectivity index (χ3v) is 5.88. The predicted octanol–water partition coefficient (Wildman–Crippen LogP) is 4.35. The summed E-state index contributed by atoms with van der Waals surface area (Å²) in [5, 5.41) is 11.5. The van der Waals surface area contributed by atoms with Gasteiger partial charge in [0.25, 0.3) is 0 Å². The highest BCUT2D eigenvalue weighted by molar-refractivity contribution is 5.83. The molecule has 0 saturated carbocycles. The average molecular weight is 433 g/mol. The number of hydrogen-bond acceptors (Lipinski definition) is 3. The van der Waals surface area contributed by atoms with Crippen molar-refractivity contribution in [2.45, 2.75) is 25.8 Å². The van der Waals surface area contributed by atoms with E-state index in [1.165, 1.54) is 16.3 Å². The van der Waals surface area contributed by atoms with Gasteiger partial charge in [-0.3, -0.25) is 4.79 Å². The summed E-state index contributed by atoms with van der Waals surface area (Å²) in [6, 6.07) is 20.5. The van der Waals surface area contributed by atoms with Crippen molar-refractivity contribution < 1.29 is 19.4 Å². The molecule has 0 atom stereocenters. The SMILES string of the molecule is CN1CCN(Cc2ccc(CCC(=O)O)c(OCCc3ccc4ccccc4c3)c2)C1=O. The number of amides is 2. The summed E-state index contributed by atoms with van der Waals surface area (Å²) in [6.07, 6.45) is 1.21. The highest BCUT2D eigenvalue weighted by Gasteiger charge is 2.25. The summed E-state index contributed by atoms with van der Waals surface area (Å²) in [5.74, 6) is -0.133. The number of carbonyl (C=O) groups is 2. The fourth-order valence-electron chi connectivity index (χ4n) is 4.02. The zero-order chi connectivity index (χ0) is 22.5. The van der Waals surface area contributed by atoms with E-state index in [0.717, 1.165) is 24.1 Å². The average Bonchev–Trinajstić information content (AvgIpc) is 3.10. The fraction of sp³-hybridized carbons (Fsp3) is 0.308. The van der Waals surface area contributed by atoms with Gasteiger partial charge in [-0.05, 0) is 39.9 Å². The van der Waals surface area contributed by atoms with Gasteiger partial charge in [0.15, 0.2) is 0 Å².